The lowest BCUT2D eigenvalue weighted by Gasteiger charge is -2.18. The molecule has 0 amide bonds. The summed E-state index contributed by atoms with van der Waals surface area (Å²) >= 11 is 0. The second kappa shape index (κ2) is 49.5. The van der Waals surface area contributed by atoms with Crippen molar-refractivity contribution >= 4 is 17.9 Å². The number of esters is 3. The fourth-order valence-corrected chi connectivity index (χ4v) is 6.94. The molecule has 0 aliphatic carbocycles. The minimum Gasteiger partial charge on any atom is -0.462 e. The minimum atomic E-state index is -0.786. The van der Waals surface area contributed by atoms with Gasteiger partial charge in [0.1, 0.15) is 13.2 Å². The molecule has 0 aliphatic heterocycles. The zero-order chi connectivity index (χ0) is 44.4. The van der Waals surface area contributed by atoms with Crippen molar-refractivity contribution in [1.29, 1.82) is 0 Å². The van der Waals surface area contributed by atoms with Gasteiger partial charge in [-0.3, -0.25) is 14.4 Å². The summed E-state index contributed by atoms with van der Waals surface area (Å²) in [6.45, 7) is 6.50. The molecule has 0 saturated heterocycles. The summed E-state index contributed by atoms with van der Waals surface area (Å²) in [5, 5.41) is 0. The highest BCUT2D eigenvalue weighted by atomic mass is 16.6. The number of ether oxygens (including phenoxy) is 3. The maximum absolute atomic E-state index is 12.8. The summed E-state index contributed by atoms with van der Waals surface area (Å²) in [4.78, 5) is 37.9. The van der Waals surface area contributed by atoms with E-state index in [1.165, 1.54) is 109 Å². The first-order valence-electron chi connectivity index (χ1n) is 25.5. The monoisotopic (exact) mass is 851 g/mol. The molecule has 0 bridgehead atoms. The summed E-state index contributed by atoms with van der Waals surface area (Å²) in [7, 11) is 0. The molecule has 350 valence electrons. The van der Waals surface area contributed by atoms with Crippen molar-refractivity contribution in [2.24, 2.45) is 0 Å². The lowest BCUT2D eigenvalue weighted by Crippen LogP contribution is -2.30. The van der Waals surface area contributed by atoms with Crippen LogP contribution in [0.3, 0.4) is 0 Å². The van der Waals surface area contributed by atoms with E-state index >= 15 is 0 Å². The first-order chi connectivity index (χ1) is 30.0. The molecular formula is C55H94O6. The van der Waals surface area contributed by atoms with Gasteiger partial charge in [-0.2, -0.15) is 0 Å². The van der Waals surface area contributed by atoms with E-state index in [0.717, 1.165) is 89.9 Å². The summed E-state index contributed by atoms with van der Waals surface area (Å²) in [5.74, 6) is -0.918. The van der Waals surface area contributed by atoms with E-state index in [9.17, 15) is 14.4 Å². The van der Waals surface area contributed by atoms with Crippen molar-refractivity contribution in [3.05, 3.63) is 72.9 Å². The van der Waals surface area contributed by atoms with E-state index in [-0.39, 0.29) is 31.1 Å². The number of hydrogen-bond donors (Lipinski definition) is 0. The molecule has 0 aromatic rings. The first kappa shape index (κ1) is 57.9. The summed E-state index contributed by atoms with van der Waals surface area (Å²) in [6, 6.07) is 0. The van der Waals surface area contributed by atoms with Crippen LogP contribution in [0.4, 0.5) is 0 Å². The Morgan fingerprint density at radius 3 is 1.07 bits per heavy atom. The molecule has 6 nitrogen and oxygen atoms in total. The molecule has 0 spiro atoms. The van der Waals surface area contributed by atoms with Crippen LogP contribution in [-0.4, -0.2) is 37.2 Å². The van der Waals surface area contributed by atoms with Crippen molar-refractivity contribution in [3.63, 3.8) is 0 Å². The normalized spacial score (nSPS) is 12.6. The molecule has 0 N–H and O–H groups in total. The van der Waals surface area contributed by atoms with Crippen molar-refractivity contribution in [2.45, 2.75) is 245 Å². The lowest BCUT2D eigenvalue weighted by molar-refractivity contribution is -0.167. The van der Waals surface area contributed by atoms with Gasteiger partial charge in [0.05, 0.1) is 0 Å². The lowest BCUT2D eigenvalue weighted by atomic mass is 10.0. The molecule has 6 heteroatoms. The Kier molecular flexibility index (Phi) is 46.9. The van der Waals surface area contributed by atoms with Crippen molar-refractivity contribution in [1.82, 2.24) is 0 Å². The van der Waals surface area contributed by atoms with Crippen LogP contribution in [-0.2, 0) is 28.6 Å². The molecule has 0 fully saturated rings. The Balaban J connectivity index is 4.43. The van der Waals surface area contributed by atoms with Crippen LogP contribution in [0.5, 0.6) is 0 Å². The average Bonchev–Trinajstić information content (AvgIpc) is 3.26. The number of allylic oxidation sites excluding steroid dienone is 12. The van der Waals surface area contributed by atoms with Crippen LogP contribution in [0, 0.1) is 0 Å². The number of hydrogen-bond acceptors (Lipinski definition) is 6. The van der Waals surface area contributed by atoms with Crippen LogP contribution in [0.1, 0.15) is 239 Å². The molecule has 1 unspecified atom stereocenters. The predicted molar refractivity (Wildman–Crippen MR) is 261 cm³/mol. The van der Waals surface area contributed by atoms with Crippen LogP contribution in [0.25, 0.3) is 0 Å². The van der Waals surface area contributed by atoms with Crippen LogP contribution in [0.2, 0.25) is 0 Å². The number of rotatable bonds is 45. The summed E-state index contributed by atoms with van der Waals surface area (Å²) in [5.41, 5.74) is 0. The van der Waals surface area contributed by atoms with Gasteiger partial charge in [0.15, 0.2) is 6.10 Å². The first-order valence-corrected chi connectivity index (χ1v) is 25.5. The third-order valence-corrected chi connectivity index (χ3v) is 10.8. The molecule has 0 aromatic carbocycles. The molecule has 0 saturated carbocycles. The Labute approximate surface area is 376 Å². The molecular weight excluding hydrogens is 757 g/mol. The van der Waals surface area contributed by atoms with E-state index in [4.69, 9.17) is 14.2 Å². The topological polar surface area (TPSA) is 78.9 Å². The molecule has 0 aliphatic rings. The smallest absolute Gasteiger partial charge is 0.306 e. The van der Waals surface area contributed by atoms with E-state index in [0.29, 0.717) is 19.3 Å². The molecule has 61 heavy (non-hydrogen) atoms. The van der Waals surface area contributed by atoms with Gasteiger partial charge in [0, 0.05) is 19.3 Å². The Hall–Kier alpha value is -3.15. The van der Waals surface area contributed by atoms with Gasteiger partial charge in [-0.1, -0.05) is 229 Å². The third kappa shape index (κ3) is 47.7. The largest absolute Gasteiger partial charge is 0.462 e. The van der Waals surface area contributed by atoms with Crippen molar-refractivity contribution < 1.29 is 28.6 Å². The number of unbranched alkanes of at least 4 members (excludes halogenated alkanes) is 26. The summed E-state index contributed by atoms with van der Waals surface area (Å²) < 4.78 is 16.8. The maximum Gasteiger partial charge on any atom is 0.306 e. The zero-order valence-corrected chi connectivity index (χ0v) is 39.9. The van der Waals surface area contributed by atoms with Gasteiger partial charge in [0.2, 0.25) is 0 Å². The fourth-order valence-electron chi connectivity index (χ4n) is 6.94. The Morgan fingerprint density at radius 1 is 0.328 bits per heavy atom. The van der Waals surface area contributed by atoms with Gasteiger partial charge >= 0.3 is 17.9 Å². The summed E-state index contributed by atoms with van der Waals surface area (Å²) in [6.07, 6.45) is 61.6. The third-order valence-electron chi connectivity index (χ3n) is 10.8. The van der Waals surface area contributed by atoms with E-state index in [1.807, 2.05) is 24.3 Å². The molecule has 0 rings (SSSR count). The van der Waals surface area contributed by atoms with Crippen LogP contribution >= 0.6 is 0 Å². The number of carbonyl (C=O) groups is 3. The van der Waals surface area contributed by atoms with Crippen molar-refractivity contribution in [2.75, 3.05) is 13.2 Å². The van der Waals surface area contributed by atoms with Crippen LogP contribution < -0.4 is 0 Å². The SMILES string of the molecule is CCC\C=C/C=C\C=C/C=C\C=C/CCCCCCCC(=O)OCC(COC(=O)CCCCCCC/C=C\CCCCC)OC(=O)CCCCCCCCCCCCCCC. The minimum absolute atomic E-state index is 0.0870. The van der Waals surface area contributed by atoms with Crippen LogP contribution in [0.15, 0.2) is 72.9 Å². The van der Waals surface area contributed by atoms with E-state index in [1.54, 1.807) is 0 Å². The second-order valence-corrected chi connectivity index (χ2v) is 16.9. The van der Waals surface area contributed by atoms with Crippen molar-refractivity contribution in [3.8, 4) is 0 Å². The predicted octanol–water partition coefficient (Wildman–Crippen LogP) is 16.6. The standard InChI is InChI=1S/C55H94O6/c1-4-7-10-13-16-19-22-25-26-27-28-29-31-33-36-39-42-45-48-54(57)60-51-52(50-59-53(56)47-44-41-38-35-32-24-21-18-15-12-9-6-3)61-55(58)49-46-43-40-37-34-30-23-20-17-14-11-8-5-2/h10,13,16,18-19,21-22,25-29,52H,4-9,11-12,14-15,17,20,23-24,30-51H2,1-3H3/b13-10-,19-16-,21-18-,25-22-,27-26-,29-28-. The highest BCUT2D eigenvalue weighted by molar-refractivity contribution is 5.71. The fraction of sp³-hybridized carbons (Fsp3) is 0.727. The van der Waals surface area contributed by atoms with E-state index < -0.39 is 6.10 Å². The molecule has 0 radical (unpaired) electrons. The van der Waals surface area contributed by atoms with Gasteiger partial charge in [-0.25, -0.2) is 0 Å². The number of carbonyl (C=O) groups excluding carboxylic acids is 3. The van der Waals surface area contributed by atoms with E-state index in [2.05, 4.69) is 69.4 Å². The average molecular weight is 851 g/mol. The Bertz CT molecular complexity index is 1160. The molecule has 0 heterocycles. The van der Waals surface area contributed by atoms with Gasteiger partial charge in [-0.15, -0.1) is 0 Å². The highest BCUT2D eigenvalue weighted by Crippen LogP contribution is 2.15. The highest BCUT2D eigenvalue weighted by Gasteiger charge is 2.19. The van der Waals surface area contributed by atoms with Gasteiger partial charge < -0.3 is 14.2 Å². The van der Waals surface area contributed by atoms with Gasteiger partial charge in [-0.05, 0) is 64.2 Å². The molecule has 1 atom stereocenters. The second-order valence-electron chi connectivity index (χ2n) is 16.9. The maximum atomic E-state index is 12.8. The zero-order valence-electron chi connectivity index (χ0n) is 39.9. The molecule has 0 aromatic heterocycles. The Morgan fingerprint density at radius 2 is 0.639 bits per heavy atom. The van der Waals surface area contributed by atoms with Gasteiger partial charge in [0.25, 0.3) is 0 Å². The quantitative estimate of drug-likeness (QED) is 0.0200.